The zero-order chi connectivity index (χ0) is 12.1. The van der Waals surface area contributed by atoms with Gasteiger partial charge in [-0.05, 0) is 30.7 Å². The van der Waals surface area contributed by atoms with Crippen molar-refractivity contribution in [1.29, 1.82) is 0 Å². The van der Waals surface area contributed by atoms with Gasteiger partial charge in [0.05, 0.1) is 5.75 Å². The van der Waals surface area contributed by atoms with Crippen molar-refractivity contribution in [3.63, 3.8) is 0 Å². The van der Waals surface area contributed by atoms with E-state index in [2.05, 4.69) is 10.3 Å². The van der Waals surface area contributed by atoms with Gasteiger partial charge in [0.1, 0.15) is 0 Å². The normalized spacial score (nSPS) is 21.6. The second-order valence-corrected chi connectivity index (χ2v) is 6.20. The van der Waals surface area contributed by atoms with Crippen LogP contribution in [-0.4, -0.2) is 43.1 Å². The maximum Gasteiger partial charge on any atom is 0.214 e. The minimum Gasteiger partial charge on any atom is -0.315 e. The van der Waals surface area contributed by atoms with Crippen LogP contribution in [0, 0.1) is 0 Å². The Morgan fingerprint density at radius 3 is 2.82 bits per heavy atom. The van der Waals surface area contributed by atoms with Gasteiger partial charge in [-0.3, -0.25) is 4.98 Å². The molecule has 2 rings (SSSR count). The summed E-state index contributed by atoms with van der Waals surface area (Å²) < 4.78 is 25.6. The molecule has 1 N–H and O–H groups in total. The number of sulfonamides is 1. The van der Waals surface area contributed by atoms with Crippen molar-refractivity contribution in [2.24, 2.45) is 0 Å². The van der Waals surface area contributed by atoms with E-state index in [1.807, 2.05) is 12.1 Å². The topological polar surface area (TPSA) is 62.3 Å². The summed E-state index contributed by atoms with van der Waals surface area (Å²) in [5.41, 5.74) is 0.976. The van der Waals surface area contributed by atoms with Crippen molar-refractivity contribution < 1.29 is 8.42 Å². The molecule has 1 aliphatic heterocycles. The molecule has 0 bridgehead atoms. The van der Waals surface area contributed by atoms with Crippen LogP contribution in [0.3, 0.4) is 0 Å². The Balaban J connectivity index is 2.11. The average Bonchev–Trinajstić information content (AvgIpc) is 2.31. The molecule has 1 saturated heterocycles. The zero-order valence-corrected chi connectivity index (χ0v) is 10.5. The average molecular weight is 255 g/mol. The van der Waals surface area contributed by atoms with Gasteiger partial charge in [0.25, 0.3) is 0 Å². The quantitative estimate of drug-likeness (QED) is 0.820. The summed E-state index contributed by atoms with van der Waals surface area (Å²) in [6.45, 7) is 2.46. The number of hydrogen-bond acceptors (Lipinski definition) is 4. The molecule has 0 aromatic carbocycles. The van der Waals surface area contributed by atoms with Crippen LogP contribution in [-0.2, 0) is 16.6 Å². The van der Waals surface area contributed by atoms with Gasteiger partial charge in [-0.25, -0.2) is 8.42 Å². The van der Waals surface area contributed by atoms with Crippen LogP contribution in [0.2, 0.25) is 0 Å². The van der Waals surface area contributed by atoms with Crippen LogP contribution in [0.1, 0.15) is 12.0 Å². The fraction of sp³-hybridized carbons (Fsp3) is 0.545. The lowest BCUT2D eigenvalue weighted by Gasteiger charge is -2.24. The lowest BCUT2D eigenvalue weighted by molar-refractivity contribution is 0.390. The van der Waals surface area contributed by atoms with Crippen molar-refractivity contribution in [2.75, 3.05) is 25.4 Å². The van der Waals surface area contributed by atoms with Crippen LogP contribution in [0.15, 0.2) is 24.5 Å². The molecule has 6 heteroatoms. The molecule has 0 radical (unpaired) electrons. The maximum atomic E-state index is 12.0. The van der Waals surface area contributed by atoms with E-state index in [1.165, 1.54) is 0 Å². The first-order valence-corrected chi connectivity index (χ1v) is 7.37. The lowest BCUT2D eigenvalue weighted by atomic mass is 10.3. The van der Waals surface area contributed by atoms with Crippen LogP contribution < -0.4 is 5.32 Å². The first kappa shape index (κ1) is 12.5. The number of pyridine rings is 1. The van der Waals surface area contributed by atoms with Crippen LogP contribution >= 0.6 is 0 Å². The van der Waals surface area contributed by atoms with Gasteiger partial charge >= 0.3 is 0 Å². The minimum absolute atomic E-state index is 0.227. The molecule has 1 aliphatic rings. The molecule has 1 fully saturated rings. The Morgan fingerprint density at radius 1 is 1.29 bits per heavy atom. The zero-order valence-electron chi connectivity index (χ0n) is 9.67. The fourth-order valence-electron chi connectivity index (χ4n) is 1.85. The highest BCUT2D eigenvalue weighted by molar-refractivity contribution is 7.89. The van der Waals surface area contributed by atoms with Gasteiger partial charge in [-0.2, -0.15) is 4.31 Å². The van der Waals surface area contributed by atoms with E-state index in [0.717, 1.165) is 12.1 Å². The van der Waals surface area contributed by atoms with Gasteiger partial charge < -0.3 is 5.32 Å². The molecule has 17 heavy (non-hydrogen) atoms. The van der Waals surface area contributed by atoms with Crippen molar-refractivity contribution in [2.45, 2.75) is 13.0 Å². The SMILES string of the molecule is O=S1(=O)CCCNCCN1Cc1ccncc1. The smallest absolute Gasteiger partial charge is 0.214 e. The summed E-state index contributed by atoms with van der Waals surface area (Å²) in [6.07, 6.45) is 4.05. The third-order valence-electron chi connectivity index (χ3n) is 2.80. The first-order valence-electron chi connectivity index (χ1n) is 5.76. The highest BCUT2D eigenvalue weighted by Crippen LogP contribution is 2.10. The summed E-state index contributed by atoms with van der Waals surface area (Å²) in [6, 6.07) is 3.70. The van der Waals surface area contributed by atoms with Crippen LogP contribution in [0.25, 0.3) is 0 Å². The molecule has 0 aliphatic carbocycles. The fourth-order valence-corrected chi connectivity index (χ4v) is 3.33. The van der Waals surface area contributed by atoms with Crippen molar-refractivity contribution >= 4 is 10.0 Å². The number of rotatable bonds is 2. The first-order chi connectivity index (χ1) is 8.18. The number of nitrogens with zero attached hydrogens (tertiary/aromatic N) is 2. The van der Waals surface area contributed by atoms with Gasteiger partial charge in [0.2, 0.25) is 10.0 Å². The number of hydrogen-bond donors (Lipinski definition) is 1. The summed E-state index contributed by atoms with van der Waals surface area (Å²) in [4.78, 5) is 3.93. The molecular formula is C11H17N3O2S. The second kappa shape index (κ2) is 5.57. The standard InChI is InChI=1S/C11H17N3O2S/c15-17(16)9-1-4-12-7-8-14(17)10-11-2-5-13-6-3-11/h2-3,5-6,12H,1,4,7-10H2. The Bertz CT molecular complexity index is 447. The predicted octanol–water partition coefficient (Wildman–Crippen LogP) is 0.207. The molecule has 0 amide bonds. The van der Waals surface area contributed by atoms with E-state index in [0.29, 0.717) is 26.1 Å². The molecule has 1 aromatic heterocycles. The van der Waals surface area contributed by atoms with Crippen LogP contribution in [0.4, 0.5) is 0 Å². The molecular weight excluding hydrogens is 238 g/mol. The van der Waals surface area contributed by atoms with E-state index in [1.54, 1.807) is 16.7 Å². The predicted molar refractivity (Wildman–Crippen MR) is 65.9 cm³/mol. The Hall–Kier alpha value is -0.980. The number of aromatic nitrogens is 1. The lowest BCUT2D eigenvalue weighted by Crippen LogP contribution is -2.41. The van der Waals surface area contributed by atoms with Gasteiger partial charge in [0.15, 0.2) is 0 Å². The Kier molecular flexibility index (Phi) is 4.09. The van der Waals surface area contributed by atoms with E-state index < -0.39 is 10.0 Å². The summed E-state index contributed by atoms with van der Waals surface area (Å²) in [7, 11) is -3.11. The summed E-state index contributed by atoms with van der Waals surface area (Å²) >= 11 is 0. The van der Waals surface area contributed by atoms with E-state index >= 15 is 0 Å². The molecule has 94 valence electrons. The van der Waals surface area contributed by atoms with E-state index in [9.17, 15) is 8.42 Å². The van der Waals surface area contributed by atoms with E-state index in [-0.39, 0.29) is 5.75 Å². The Labute approximate surface area is 102 Å². The third kappa shape index (κ3) is 3.49. The molecule has 0 saturated carbocycles. The number of nitrogens with one attached hydrogen (secondary N) is 1. The monoisotopic (exact) mass is 255 g/mol. The molecule has 1 aromatic rings. The summed E-state index contributed by atoms with van der Waals surface area (Å²) in [5, 5.41) is 3.22. The van der Waals surface area contributed by atoms with Crippen LogP contribution in [0.5, 0.6) is 0 Å². The highest BCUT2D eigenvalue weighted by atomic mass is 32.2. The maximum absolute atomic E-state index is 12.0. The van der Waals surface area contributed by atoms with Gasteiger partial charge in [-0.15, -0.1) is 0 Å². The molecule has 0 spiro atoms. The van der Waals surface area contributed by atoms with Gasteiger partial charge in [-0.1, -0.05) is 0 Å². The second-order valence-electron chi connectivity index (χ2n) is 4.11. The molecule has 0 unspecified atom stereocenters. The highest BCUT2D eigenvalue weighted by Gasteiger charge is 2.22. The minimum atomic E-state index is -3.11. The summed E-state index contributed by atoms with van der Waals surface area (Å²) in [5.74, 6) is 0.227. The Morgan fingerprint density at radius 2 is 2.06 bits per heavy atom. The molecule has 5 nitrogen and oxygen atoms in total. The van der Waals surface area contributed by atoms with Crippen molar-refractivity contribution in [3.05, 3.63) is 30.1 Å². The van der Waals surface area contributed by atoms with E-state index in [4.69, 9.17) is 0 Å². The van der Waals surface area contributed by atoms with Gasteiger partial charge in [0, 0.05) is 32.0 Å². The molecule has 0 atom stereocenters. The molecule has 2 heterocycles. The van der Waals surface area contributed by atoms with Crippen molar-refractivity contribution in [3.8, 4) is 0 Å². The third-order valence-corrected chi connectivity index (χ3v) is 4.70. The largest absolute Gasteiger partial charge is 0.315 e. The van der Waals surface area contributed by atoms with Crippen molar-refractivity contribution in [1.82, 2.24) is 14.6 Å².